The largest absolute Gasteiger partial charge is 0.464 e. The van der Waals surface area contributed by atoms with Crippen LogP contribution in [0.3, 0.4) is 0 Å². The Bertz CT molecular complexity index is 960. The Labute approximate surface area is 148 Å². The molecule has 128 valence electrons. The molecule has 0 saturated heterocycles. The molecule has 1 amide bonds. The monoisotopic (exact) mass is 347 g/mol. The van der Waals surface area contributed by atoms with Gasteiger partial charge in [0.25, 0.3) is 0 Å². The highest BCUT2D eigenvalue weighted by molar-refractivity contribution is 5.96. The molecule has 0 bridgehead atoms. The molecule has 4 rings (SSSR count). The zero-order valence-corrected chi connectivity index (χ0v) is 13.4. The second-order valence-corrected chi connectivity index (χ2v) is 5.45. The minimum absolute atomic E-state index is 0.448. The predicted molar refractivity (Wildman–Crippen MR) is 94.0 cm³/mol. The fourth-order valence-electron chi connectivity index (χ4n) is 2.69. The van der Waals surface area contributed by atoms with Crippen LogP contribution in [-0.2, 0) is 0 Å². The summed E-state index contributed by atoms with van der Waals surface area (Å²) in [5, 5.41) is 9.78. The highest BCUT2D eigenvalue weighted by Gasteiger charge is 2.20. The van der Waals surface area contributed by atoms with Gasteiger partial charge in [-0.25, -0.2) is 19.7 Å². The number of hydrogen-bond donors (Lipinski definition) is 1. The number of aromatic nitrogens is 2. The van der Waals surface area contributed by atoms with Gasteiger partial charge >= 0.3 is 6.09 Å². The number of carbonyl (C=O) groups is 1. The zero-order chi connectivity index (χ0) is 17.9. The third-order valence-electron chi connectivity index (χ3n) is 3.82. The van der Waals surface area contributed by atoms with Crippen molar-refractivity contribution in [1.29, 1.82) is 0 Å². The molecular formula is C19H13N3O4. The van der Waals surface area contributed by atoms with Crippen molar-refractivity contribution >= 4 is 17.5 Å². The second-order valence-electron chi connectivity index (χ2n) is 5.45. The quantitative estimate of drug-likeness (QED) is 0.569. The molecule has 4 aromatic rings. The van der Waals surface area contributed by atoms with Crippen LogP contribution in [0.2, 0.25) is 0 Å². The molecule has 0 aliphatic heterocycles. The highest BCUT2D eigenvalue weighted by Crippen LogP contribution is 2.34. The fraction of sp³-hybridized carbons (Fsp3) is 0. The van der Waals surface area contributed by atoms with Crippen LogP contribution < -0.4 is 4.90 Å². The summed E-state index contributed by atoms with van der Waals surface area (Å²) in [6, 6.07) is 14.1. The van der Waals surface area contributed by atoms with Crippen LogP contribution in [0.1, 0.15) is 0 Å². The lowest BCUT2D eigenvalue weighted by Crippen LogP contribution is -2.23. The number of oxazole rings is 2. The maximum atomic E-state index is 12.0. The number of para-hydroxylation sites is 1. The summed E-state index contributed by atoms with van der Waals surface area (Å²) in [5.74, 6) is 1.04. The second kappa shape index (κ2) is 6.56. The van der Waals surface area contributed by atoms with Gasteiger partial charge in [-0.05, 0) is 30.3 Å². The van der Waals surface area contributed by atoms with E-state index in [0.717, 1.165) is 0 Å². The summed E-state index contributed by atoms with van der Waals surface area (Å²) in [4.78, 5) is 21.0. The van der Waals surface area contributed by atoms with Crippen molar-refractivity contribution in [2.75, 3.05) is 4.90 Å². The Morgan fingerprint density at radius 1 is 0.846 bits per heavy atom. The van der Waals surface area contributed by atoms with Crippen molar-refractivity contribution in [3.63, 3.8) is 0 Å². The topological polar surface area (TPSA) is 92.6 Å². The lowest BCUT2D eigenvalue weighted by atomic mass is 10.1. The first-order valence-corrected chi connectivity index (χ1v) is 7.73. The van der Waals surface area contributed by atoms with E-state index in [1.807, 2.05) is 12.1 Å². The van der Waals surface area contributed by atoms with Gasteiger partial charge in [-0.3, -0.25) is 0 Å². The van der Waals surface area contributed by atoms with Crippen LogP contribution >= 0.6 is 0 Å². The van der Waals surface area contributed by atoms with Crippen LogP contribution in [0.25, 0.3) is 22.6 Å². The first kappa shape index (κ1) is 15.6. The molecule has 0 radical (unpaired) electrons. The normalized spacial score (nSPS) is 10.6. The molecule has 0 fully saturated rings. The van der Waals surface area contributed by atoms with E-state index >= 15 is 0 Å². The maximum Gasteiger partial charge on any atom is 0.416 e. The zero-order valence-electron chi connectivity index (χ0n) is 13.4. The van der Waals surface area contributed by atoms with Crippen molar-refractivity contribution in [3.8, 4) is 22.6 Å². The molecule has 0 spiro atoms. The van der Waals surface area contributed by atoms with Gasteiger partial charge in [0.2, 0.25) is 0 Å². The van der Waals surface area contributed by atoms with E-state index in [0.29, 0.717) is 34.0 Å². The van der Waals surface area contributed by atoms with Crippen LogP contribution in [0.5, 0.6) is 0 Å². The van der Waals surface area contributed by atoms with E-state index in [-0.39, 0.29) is 0 Å². The van der Waals surface area contributed by atoms with Gasteiger partial charge in [-0.2, -0.15) is 0 Å². The summed E-state index contributed by atoms with van der Waals surface area (Å²) in [7, 11) is 0. The minimum atomic E-state index is -1.10. The van der Waals surface area contributed by atoms with Crippen molar-refractivity contribution in [3.05, 3.63) is 73.7 Å². The third kappa shape index (κ3) is 2.93. The van der Waals surface area contributed by atoms with Crippen LogP contribution in [0, 0.1) is 0 Å². The standard InChI is InChI=1S/C19H13N3O4/c23-19(24)22(15-4-2-1-3-5-15)16-7-13(17-9-20-11-25-17)6-14(8-16)18-10-21-12-26-18/h1-12H,(H,23,24). The van der Waals surface area contributed by atoms with E-state index in [1.54, 1.807) is 48.8 Å². The van der Waals surface area contributed by atoms with E-state index in [4.69, 9.17) is 8.83 Å². The Morgan fingerprint density at radius 2 is 1.42 bits per heavy atom. The third-order valence-corrected chi connectivity index (χ3v) is 3.82. The number of benzene rings is 2. The van der Waals surface area contributed by atoms with Gasteiger partial charge in [0, 0.05) is 11.1 Å². The van der Waals surface area contributed by atoms with Gasteiger partial charge < -0.3 is 13.9 Å². The molecular weight excluding hydrogens is 334 g/mol. The van der Waals surface area contributed by atoms with Gasteiger partial charge in [-0.1, -0.05) is 18.2 Å². The number of carboxylic acid groups (broad SMARTS) is 1. The SMILES string of the molecule is O=C(O)N(c1ccccc1)c1cc(-c2cnco2)cc(-c2cnco2)c1. The van der Waals surface area contributed by atoms with Crippen molar-refractivity contribution in [1.82, 2.24) is 9.97 Å². The molecule has 0 unspecified atom stereocenters. The molecule has 26 heavy (non-hydrogen) atoms. The Balaban J connectivity index is 1.90. The first-order valence-electron chi connectivity index (χ1n) is 7.73. The lowest BCUT2D eigenvalue weighted by Gasteiger charge is -2.20. The average Bonchev–Trinajstić information content (AvgIpc) is 3.36. The number of hydrogen-bond acceptors (Lipinski definition) is 5. The molecule has 0 aliphatic carbocycles. The van der Waals surface area contributed by atoms with Gasteiger partial charge in [0.1, 0.15) is 0 Å². The molecule has 0 aliphatic rings. The van der Waals surface area contributed by atoms with Gasteiger partial charge in [0.15, 0.2) is 24.3 Å². The van der Waals surface area contributed by atoms with Crippen LogP contribution in [-0.4, -0.2) is 21.2 Å². The highest BCUT2D eigenvalue weighted by atomic mass is 16.4. The predicted octanol–water partition coefficient (Wildman–Crippen LogP) is 4.81. The van der Waals surface area contributed by atoms with E-state index in [2.05, 4.69) is 9.97 Å². The average molecular weight is 347 g/mol. The van der Waals surface area contributed by atoms with E-state index in [1.165, 1.54) is 17.7 Å². The van der Waals surface area contributed by atoms with Crippen molar-refractivity contribution in [2.45, 2.75) is 0 Å². The molecule has 2 aromatic carbocycles. The number of nitrogens with zero attached hydrogens (tertiary/aromatic N) is 3. The van der Waals surface area contributed by atoms with Crippen molar-refractivity contribution < 1.29 is 18.7 Å². The number of anilines is 2. The molecule has 7 heteroatoms. The molecule has 7 nitrogen and oxygen atoms in total. The Hall–Kier alpha value is -3.87. The summed E-state index contributed by atoms with van der Waals surface area (Å²) >= 11 is 0. The number of amides is 1. The first-order chi connectivity index (χ1) is 12.7. The van der Waals surface area contributed by atoms with Crippen LogP contribution in [0.4, 0.5) is 16.2 Å². The summed E-state index contributed by atoms with van der Waals surface area (Å²) in [5.41, 5.74) is 2.32. The van der Waals surface area contributed by atoms with Crippen molar-refractivity contribution in [2.24, 2.45) is 0 Å². The Morgan fingerprint density at radius 3 is 1.88 bits per heavy atom. The summed E-state index contributed by atoms with van der Waals surface area (Å²) in [6.07, 6.45) is 4.67. The molecule has 2 heterocycles. The number of rotatable bonds is 4. The Kier molecular flexibility index (Phi) is 3.95. The molecule has 0 saturated carbocycles. The maximum absolute atomic E-state index is 12.0. The van der Waals surface area contributed by atoms with Gasteiger partial charge in [0.05, 0.1) is 23.8 Å². The fourth-order valence-corrected chi connectivity index (χ4v) is 2.69. The van der Waals surface area contributed by atoms with E-state index in [9.17, 15) is 9.90 Å². The van der Waals surface area contributed by atoms with Gasteiger partial charge in [-0.15, -0.1) is 0 Å². The summed E-state index contributed by atoms with van der Waals surface area (Å²) in [6.45, 7) is 0. The van der Waals surface area contributed by atoms with E-state index < -0.39 is 6.09 Å². The van der Waals surface area contributed by atoms with Crippen LogP contribution in [0.15, 0.2) is 82.5 Å². The lowest BCUT2D eigenvalue weighted by molar-refractivity contribution is 0.205. The molecule has 2 aromatic heterocycles. The smallest absolute Gasteiger partial charge is 0.416 e. The summed E-state index contributed by atoms with van der Waals surface area (Å²) < 4.78 is 10.7. The molecule has 1 N–H and O–H groups in total. The molecule has 0 atom stereocenters. The minimum Gasteiger partial charge on any atom is -0.464 e.